The molecule has 1 heterocycles. The van der Waals surface area contributed by atoms with Crippen LogP contribution in [0.25, 0.3) is 0 Å². The predicted octanol–water partition coefficient (Wildman–Crippen LogP) is 4.07. The second kappa shape index (κ2) is 9.19. The summed E-state index contributed by atoms with van der Waals surface area (Å²) in [6.07, 6.45) is 1.37. The fourth-order valence-corrected chi connectivity index (χ4v) is 3.19. The van der Waals surface area contributed by atoms with E-state index >= 15 is 0 Å². The predicted molar refractivity (Wildman–Crippen MR) is 106 cm³/mol. The number of carbonyl (C=O) groups excluding carboxylic acids is 1. The summed E-state index contributed by atoms with van der Waals surface area (Å²) in [6, 6.07) is 13.6. The van der Waals surface area contributed by atoms with E-state index in [2.05, 4.69) is 4.99 Å². The van der Waals surface area contributed by atoms with E-state index in [9.17, 15) is 4.79 Å². The summed E-state index contributed by atoms with van der Waals surface area (Å²) in [5, 5.41) is 1.86. The molecule has 8 heteroatoms. The maximum absolute atomic E-state index is 12.4. The van der Waals surface area contributed by atoms with Crippen LogP contribution >= 0.6 is 23.2 Å². The smallest absolute Gasteiger partial charge is 0.280 e. The Bertz CT molecular complexity index is 804. The molecule has 0 saturated carbocycles. The first-order valence-corrected chi connectivity index (χ1v) is 9.24. The molecule has 27 heavy (non-hydrogen) atoms. The fourth-order valence-electron chi connectivity index (χ4n) is 2.64. The lowest BCUT2D eigenvalue weighted by Crippen LogP contribution is -2.43. The summed E-state index contributed by atoms with van der Waals surface area (Å²) in [7, 11) is 0. The van der Waals surface area contributed by atoms with E-state index < -0.39 is 5.91 Å². The molecule has 6 nitrogen and oxygen atoms in total. The molecule has 3 rings (SSSR count). The Morgan fingerprint density at radius 2 is 1.85 bits per heavy atom. The minimum absolute atomic E-state index is 0.163. The summed E-state index contributed by atoms with van der Waals surface area (Å²) >= 11 is 12.6. The number of halogens is 2. The van der Waals surface area contributed by atoms with E-state index in [0.717, 1.165) is 12.8 Å². The summed E-state index contributed by atoms with van der Waals surface area (Å²) < 4.78 is 5.44. The number of para-hydroxylation sites is 1. The van der Waals surface area contributed by atoms with Crippen LogP contribution in [-0.4, -0.2) is 31.2 Å². The second-order valence-electron chi connectivity index (χ2n) is 5.95. The molecule has 2 N–H and O–H groups in total. The Hall–Kier alpha value is -2.12. The van der Waals surface area contributed by atoms with Crippen molar-refractivity contribution >= 4 is 40.8 Å². The molecule has 0 aliphatic carbocycles. The Labute approximate surface area is 167 Å². The van der Waals surface area contributed by atoms with Crippen LogP contribution in [0.5, 0.6) is 0 Å². The molecular weight excluding hydrogens is 389 g/mol. The van der Waals surface area contributed by atoms with Gasteiger partial charge in [0, 0.05) is 12.2 Å². The van der Waals surface area contributed by atoms with Crippen molar-refractivity contribution in [1.29, 1.82) is 0 Å². The Morgan fingerprint density at radius 1 is 1.15 bits per heavy atom. The van der Waals surface area contributed by atoms with Crippen LogP contribution in [0.15, 0.2) is 53.5 Å². The summed E-state index contributed by atoms with van der Waals surface area (Å²) in [4.78, 5) is 22.4. The van der Waals surface area contributed by atoms with Crippen molar-refractivity contribution in [2.75, 3.05) is 18.3 Å². The Kier molecular flexibility index (Phi) is 6.68. The van der Waals surface area contributed by atoms with Crippen molar-refractivity contribution in [2.24, 2.45) is 10.7 Å². The van der Waals surface area contributed by atoms with Crippen LogP contribution in [0, 0.1) is 0 Å². The quantitative estimate of drug-likeness (QED) is 0.469. The van der Waals surface area contributed by atoms with Crippen molar-refractivity contribution in [3.63, 3.8) is 0 Å². The highest BCUT2D eigenvalue weighted by atomic mass is 35.5. The van der Waals surface area contributed by atoms with Crippen molar-refractivity contribution in [2.45, 2.75) is 18.9 Å². The Morgan fingerprint density at radius 3 is 2.48 bits per heavy atom. The summed E-state index contributed by atoms with van der Waals surface area (Å²) in [5.74, 6) is -0.658. The van der Waals surface area contributed by atoms with E-state index in [4.69, 9.17) is 38.5 Å². The number of hydroxylamine groups is 1. The van der Waals surface area contributed by atoms with Crippen LogP contribution in [0.4, 0.5) is 5.69 Å². The fraction of sp³-hybridized carbons (Fsp3) is 0.263. The van der Waals surface area contributed by atoms with Crippen molar-refractivity contribution in [3.8, 4) is 0 Å². The van der Waals surface area contributed by atoms with Crippen molar-refractivity contribution in [1.82, 2.24) is 0 Å². The monoisotopic (exact) mass is 407 g/mol. The van der Waals surface area contributed by atoms with Crippen LogP contribution in [0.2, 0.25) is 10.0 Å². The van der Waals surface area contributed by atoms with Gasteiger partial charge in [0.1, 0.15) is 11.8 Å². The van der Waals surface area contributed by atoms with Crippen LogP contribution < -0.4 is 10.8 Å². The van der Waals surface area contributed by atoms with Gasteiger partial charge in [-0.1, -0.05) is 47.5 Å². The first kappa shape index (κ1) is 19.6. The first-order chi connectivity index (χ1) is 13.1. The van der Waals surface area contributed by atoms with E-state index in [1.54, 1.807) is 42.5 Å². The summed E-state index contributed by atoms with van der Waals surface area (Å²) in [6.45, 7) is 1.08. The normalized spacial score (nSPS) is 17.6. The lowest BCUT2D eigenvalue weighted by atomic mass is 10.2. The van der Waals surface area contributed by atoms with E-state index in [1.165, 1.54) is 5.06 Å². The third-order valence-electron chi connectivity index (χ3n) is 3.96. The maximum Gasteiger partial charge on any atom is 0.280 e. The SMILES string of the molecule is NC(=NC(=O)c1ccccc1)N(OC1CCCOC1)c1c(Cl)cccc1Cl. The third-order valence-corrected chi connectivity index (χ3v) is 4.57. The zero-order valence-corrected chi connectivity index (χ0v) is 16.0. The molecule has 1 atom stereocenters. The molecule has 1 fully saturated rings. The molecular formula is C19H19Cl2N3O3. The van der Waals surface area contributed by atoms with Crippen molar-refractivity contribution in [3.05, 3.63) is 64.1 Å². The second-order valence-corrected chi connectivity index (χ2v) is 6.76. The number of hydrogen-bond acceptors (Lipinski definition) is 3. The van der Waals surface area contributed by atoms with Crippen molar-refractivity contribution < 1.29 is 14.4 Å². The highest BCUT2D eigenvalue weighted by Gasteiger charge is 2.25. The van der Waals surface area contributed by atoms with Gasteiger partial charge in [0.2, 0.25) is 5.96 Å². The third kappa shape index (κ3) is 4.99. The number of carbonyl (C=O) groups is 1. The number of amides is 1. The molecule has 2 aromatic carbocycles. The van der Waals surface area contributed by atoms with Gasteiger partial charge in [-0.2, -0.15) is 10.1 Å². The molecule has 1 amide bonds. The molecule has 0 aromatic heterocycles. The standard InChI is InChI=1S/C19H19Cl2N3O3/c20-15-9-4-10-16(21)17(15)24(27-14-8-5-11-26-12-14)19(22)23-18(25)13-6-2-1-3-7-13/h1-4,6-7,9-10,14H,5,8,11-12H2,(H2,22,23,25). The molecule has 0 spiro atoms. The molecule has 1 unspecified atom stereocenters. The molecule has 1 aliphatic rings. The number of guanidine groups is 1. The number of rotatable bonds is 4. The molecule has 2 aromatic rings. The van der Waals surface area contributed by atoms with Crippen LogP contribution in [-0.2, 0) is 9.57 Å². The number of aliphatic imine (C=N–C) groups is 1. The zero-order valence-electron chi connectivity index (χ0n) is 14.5. The highest BCUT2D eigenvalue weighted by Crippen LogP contribution is 2.34. The molecule has 0 bridgehead atoms. The minimum Gasteiger partial charge on any atom is -0.379 e. The lowest BCUT2D eigenvalue weighted by Gasteiger charge is -2.30. The lowest BCUT2D eigenvalue weighted by molar-refractivity contribution is -0.0478. The number of nitrogens with two attached hydrogens (primary N) is 1. The molecule has 0 radical (unpaired) electrons. The largest absolute Gasteiger partial charge is 0.379 e. The number of nitrogens with zero attached hydrogens (tertiary/aromatic N) is 2. The topological polar surface area (TPSA) is 77.2 Å². The van der Waals surface area contributed by atoms with Gasteiger partial charge in [0.05, 0.1) is 16.7 Å². The first-order valence-electron chi connectivity index (χ1n) is 8.48. The Balaban J connectivity index is 1.93. The van der Waals surface area contributed by atoms with E-state index in [-0.39, 0.29) is 12.1 Å². The van der Waals surface area contributed by atoms with E-state index in [1.807, 2.05) is 6.07 Å². The van der Waals surface area contributed by atoms with Crippen LogP contribution in [0.1, 0.15) is 23.2 Å². The minimum atomic E-state index is -0.496. The molecule has 142 valence electrons. The van der Waals surface area contributed by atoms with Gasteiger partial charge in [0.15, 0.2) is 0 Å². The van der Waals surface area contributed by atoms with Gasteiger partial charge in [-0.3, -0.25) is 9.63 Å². The van der Waals surface area contributed by atoms with Gasteiger partial charge in [-0.05, 0) is 37.1 Å². The number of benzene rings is 2. The van der Waals surface area contributed by atoms with Gasteiger partial charge >= 0.3 is 0 Å². The van der Waals surface area contributed by atoms with Gasteiger partial charge in [-0.15, -0.1) is 0 Å². The number of hydrogen-bond donors (Lipinski definition) is 1. The van der Waals surface area contributed by atoms with E-state index in [0.29, 0.717) is 34.5 Å². The number of ether oxygens (including phenoxy) is 1. The zero-order chi connectivity index (χ0) is 19.2. The maximum atomic E-state index is 12.4. The average molecular weight is 408 g/mol. The van der Waals surface area contributed by atoms with Crippen LogP contribution in [0.3, 0.4) is 0 Å². The van der Waals surface area contributed by atoms with Gasteiger partial charge in [0.25, 0.3) is 5.91 Å². The molecule has 1 saturated heterocycles. The summed E-state index contributed by atoms with van der Waals surface area (Å²) in [5.41, 5.74) is 6.85. The van der Waals surface area contributed by atoms with Gasteiger partial charge < -0.3 is 10.5 Å². The van der Waals surface area contributed by atoms with Gasteiger partial charge in [-0.25, -0.2) is 0 Å². The average Bonchev–Trinajstić information content (AvgIpc) is 2.68. The highest BCUT2D eigenvalue weighted by molar-refractivity contribution is 6.39. The number of anilines is 1. The molecule has 1 aliphatic heterocycles.